The first kappa shape index (κ1) is 24.3. The summed E-state index contributed by atoms with van der Waals surface area (Å²) in [4.78, 5) is 8.20. The van der Waals surface area contributed by atoms with Gasteiger partial charge in [0, 0.05) is 21.4 Å². The Balaban J connectivity index is 1.82. The molecule has 0 spiro atoms. The van der Waals surface area contributed by atoms with Gasteiger partial charge in [-0.25, -0.2) is 4.98 Å². The van der Waals surface area contributed by atoms with Crippen molar-refractivity contribution in [2.45, 2.75) is 19.4 Å². The van der Waals surface area contributed by atoms with Crippen molar-refractivity contribution in [3.8, 4) is 35.4 Å². The molecular weight excluding hydrogens is 484 g/mol. The fourth-order valence-electron chi connectivity index (χ4n) is 4.43. The van der Waals surface area contributed by atoms with E-state index in [2.05, 4.69) is 29.0 Å². The van der Waals surface area contributed by atoms with Gasteiger partial charge in [0.2, 0.25) is 0 Å². The van der Waals surface area contributed by atoms with E-state index >= 15 is 0 Å². The number of rotatable bonds is 3. The summed E-state index contributed by atoms with van der Waals surface area (Å²) < 4.78 is 0. The van der Waals surface area contributed by atoms with Gasteiger partial charge in [-0.3, -0.25) is 0 Å². The molecule has 0 aliphatic carbocycles. The predicted octanol–water partition coefficient (Wildman–Crippen LogP) is 5.66. The highest BCUT2D eigenvalue weighted by molar-refractivity contribution is 6.33. The average Bonchev–Trinajstić information content (AvgIpc) is 3.36. The molecule has 1 atom stereocenters. The van der Waals surface area contributed by atoms with Crippen LogP contribution in [0.25, 0.3) is 44.0 Å². The van der Waals surface area contributed by atoms with E-state index in [1.54, 1.807) is 38.1 Å². The van der Waals surface area contributed by atoms with Crippen molar-refractivity contribution >= 4 is 44.2 Å². The Morgan fingerprint density at radius 3 is 2.30 bits per heavy atom. The number of nitrogens with one attached hydrogen (secondary N) is 1. The Labute approximate surface area is 218 Å². The molecule has 1 heterocycles. The number of nitrogens with zero attached hydrogens (tertiary/aromatic N) is 3. The van der Waals surface area contributed by atoms with Gasteiger partial charge in [-0.05, 0) is 53.1 Å². The highest BCUT2D eigenvalue weighted by Crippen LogP contribution is 2.38. The maximum atomic E-state index is 10.6. The normalized spacial score (nSPS) is 12.8. The Bertz CT molecular complexity index is 1830. The Kier molecular flexibility index (Phi) is 6.08. The van der Waals surface area contributed by atoms with Crippen molar-refractivity contribution in [3.63, 3.8) is 0 Å². The molecule has 0 aliphatic heterocycles. The number of imidazole rings is 1. The quantitative estimate of drug-likeness (QED) is 0.216. The van der Waals surface area contributed by atoms with Gasteiger partial charge in [-0.1, -0.05) is 55.5 Å². The van der Waals surface area contributed by atoms with Crippen LogP contribution in [0.2, 0.25) is 5.02 Å². The number of hydrogen-bond acceptors (Lipinski definition) is 5. The second kappa shape index (κ2) is 9.25. The first-order valence-corrected chi connectivity index (χ1v) is 12.0. The van der Waals surface area contributed by atoms with Crippen LogP contribution in [0.15, 0.2) is 54.6 Å². The van der Waals surface area contributed by atoms with E-state index in [-0.39, 0.29) is 5.92 Å². The standard InChI is InChI=1S/C30H21ClN4O2/c1-17(2)30(37,16-36)11-10-18-6-8-22-24(12-18)25-13-21(31)7-9-23(25)28-27(22)34-29(35-28)26-19(14-32)4-3-5-20(26)15-33/h3-9,12-13,17,36-37H,16H2,1-2H3,(H,34,35). The molecule has 0 saturated heterocycles. The van der Waals surface area contributed by atoms with E-state index in [1.807, 2.05) is 30.3 Å². The van der Waals surface area contributed by atoms with Crippen LogP contribution in [0.1, 0.15) is 30.5 Å². The van der Waals surface area contributed by atoms with Gasteiger partial charge >= 0.3 is 0 Å². The lowest BCUT2D eigenvalue weighted by Gasteiger charge is -2.23. The van der Waals surface area contributed by atoms with E-state index in [1.165, 1.54) is 0 Å². The summed E-state index contributed by atoms with van der Waals surface area (Å²) in [6.07, 6.45) is 0. The summed E-state index contributed by atoms with van der Waals surface area (Å²) >= 11 is 6.38. The molecule has 5 aromatic rings. The van der Waals surface area contributed by atoms with Crippen molar-refractivity contribution in [1.29, 1.82) is 10.5 Å². The lowest BCUT2D eigenvalue weighted by Crippen LogP contribution is -2.37. The number of aliphatic hydroxyl groups excluding tert-OH is 1. The van der Waals surface area contributed by atoms with Gasteiger partial charge in [0.25, 0.3) is 0 Å². The molecule has 4 aromatic carbocycles. The maximum absolute atomic E-state index is 10.6. The molecule has 5 rings (SSSR count). The molecule has 0 radical (unpaired) electrons. The Morgan fingerprint density at radius 1 is 0.973 bits per heavy atom. The lowest BCUT2D eigenvalue weighted by atomic mass is 9.91. The number of fused-ring (bicyclic) bond motifs is 6. The zero-order chi connectivity index (χ0) is 26.3. The maximum Gasteiger partial charge on any atom is 0.150 e. The smallest absolute Gasteiger partial charge is 0.150 e. The largest absolute Gasteiger partial charge is 0.392 e. The van der Waals surface area contributed by atoms with Crippen LogP contribution in [0.5, 0.6) is 0 Å². The zero-order valence-electron chi connectivity index (χ0n) is 20.1. The number of halogens is 1. The summed E-state index contributed by atoms with van der Waals surface area (Å²) in [6, 6.07) is 20.6. The number of aromatic nitrogens is 2. The zero-order valence-corrected chi connectivity index (χ0v) is 20.9. The Hall–Kier alpha value is -4.38. The SMILES string of the molecule is CC(C)C(O)(C#Cc1ccc2c(c1)c1cc(Cl)ccc1c1nc(-c3c(C#N)cccc3C#N)[nH]c21)CO. The van der Waals surface area contributed by atoms with Gasteiger partial charge < -0.3 is 15.2 Å². The van der Waals surface area contributed by atoms with Crippen LogP contribution in [0, 0.1) is 40.4 Å². The minimum Gasteiger partial charge on any atom is -0.392 e. The van der Waals surface area contributed by atoms with Crippen molar-refractivity contribution < 1.29 is 10.2 Å². The summed E-state index contributed by atoms with van der Waals surface area (Å²) in [5.41, 5.74) is 1.78. The topological polar surface area (TPSA) is 117 Å². The first-order chi connectivity index (χ1) is 17.8. The van der Waals surface area contributed by atoms with Gasteiger partial charge in [0.15, 0.2) is 5.60 Å². The van der Waals surface area contributed by atoms with Crippen LogP contribution < -0.4 is 0 Å². The molecule has 3 N–H and O–H groups in total. The molecular formula is C30H21ClN4O2. The molecule has 0 bridgehead atoms. The van der Waals surface area contributed by atoms with Crippen LogP contribution in [-0.4, -0.2) is 32.4 Å². The highest BCUT2D eigenvalue weighted by atomic mass is 35.5. The van der Waals surface area contributed by atoms with Crippen LogP contribution in [0.4, 0.5) is 0 Å². The van der Waals surface area contributed by atoms with E-state index in [4.69, 9.17) is 16.6 Å². The minimum atomic E-state index is -1.50. The van der Waals surface area contributed by atoms with Gasteiger partial charge in [0.05, 0.1) is 46.5 Å². The molecule has 180 valence electrons. The third kappa shape index (κ3) is 4.06. The van der Waals surface area contributed by atoms with Crippen LogP contribution in [-0.2, 0) is 0 Å². The van der Waals surface area contributed by atoms with Gasteiger partial charge in [0.1, 0.15) is 5.82 Å². The summed E-state index contributed by atoms with van der Waals surface area (Å²) in [7, 11) is 0. The summed E-state index contributed by atoms with van der Waals surface area (Å²) in [5.74, 6) is 6.01. The fourth-order valence-corrected chi connectivity index (χ4v) is 4.60. The van der Waals surface area contributed by atoms with Gasteiger partial charge in [-0.15, -0.1) is 0 Å². The van der Waals surface area contributed by atoms with Crippen LogP contribution >= 0.6 is 11.6 Å². The predicted molar refractivity (Wildman–Crippen MR) is 145 cm³/mol. The van der Waals surface area contributed by atoms with E-state index in [9.17, 15) is 20.7 Å². The average molecular weight is 505 g/mol. The van der Waals surface area contributed by atoms with E-state index < -0.39 is 12.2 Å². The first-order valence-electron chi connectivity index (χ1n) is 11.6. The number of aliphatic hydroxyl groups is 2. The molecule has 1 aromatic heterocycles. The number of H-pyrrole nitrogens is 1. The molecule has 6 nitrogen and oxygen atoms in total. The van der Waals surface area contributed by atoms with Crippen molar-refractivity contribution in [1.82, 2.24) is 9.97 Å². The van der Waals surface area contributed by atoms with Crippen molar-refractivity contribution in [2.75, 3.05) is 6.61 Å². The van der Waals surface area contributed by atoms with E-state index in [0.717, 1.165) is 27.1 Å². The van der Waals surface area contributed by atoms with E-state index in [0.29, 0.717) is 38.6 Å². The van der Waals surface area contributed by atoms with Crippen molar-refractivity contribution in [3.05, 3.63) is 76.3 Å². The molecule has 0 saturated carbocycles. The molecule has 7 heteroatoms. The third-order valence-electron chi connectivity index (χ3n) is 6.68. The molecule has 0 fully saturated rings. The monoisotopic (exact) mass is 504 g/mol. The molecule has 1 unspecified atom stereocenters. The molecule has 37 heavy (non-hydrogen) atoms. The summed E-state index contributed by atoms with van der Waals surface area (Å²) in [5, 5.41) is 43.6. The molecule has 0 aliphatic rings. The minimum absolute atomic E-state index is 0.247. The van der Waals surface area contributed by atoms with Crippen molar-refractivity contribution in [2.24, 2.45) is 5.92 Å². The van der Waals surface area contributed by atoms with Gasteiger partial charge in [-0.2, -0.15) is 10.5 Å². The fraction of sp³-hybridized carbons (Fsp3) is 0.167. The Morgan fingerprint density at radius 2 is 1.65 bits per heavy atom. The number of hydrogen-bond donors (Lipinski definition) is 3. The lowest BCUT2D eigenvalue weighted by molar-refractivity contribution is -0.00121. The molecule has 0 amide bonds. The highest BCUT2D eigenvalue weighted by Gasteiger charge is 2.27. The summed E-state index contributed by atoms with van der Waals surface area (Å²) in [6.45, 7) is 3.14. The number of nitriles is 2. The number of aromatic amines is 1. The second-order valence-electron chi connectivity index (χ2n) is 9.20. The third-order valence-corrected chi connectivity index (χ3v) is 6.92. The number of benzene rings is 4. The van der Waals surface area contributed by atoms with Crippen LogP contribution in [0.3, 0.4) is 0 Å². The second-order valence-corrected chi connectivity index (χ2v) is 9.63.